The maximum absolute atomic E-state index is 12.2. The van der Waals surface area contributed by atoms with Gasteiger partial charge in [0.25, 0.3) is 5.91 Å². The van der Waals surface area contributed by atoms with Gasteiger partial charge in [0.05, 0.1) is 0 Å². The van der Waals surface area contributed by atoms with Crippen molar-refractivity contribution in [3.63, 3.8) is 0 Å². The Bertz CT molecular complexity index is 443. The van der Waals surface area contributed by atoms with Gasteiger partial charge in [-0.2, -0.15) is 8.78 Å². The largest absolute Gasteiger partial charge is 0.435 e. The number of likely N-dealkylation sites (tertiary alicyclic amines) is 1. The van der Waals surface area contributed by atoms with E-state index in [2.05, 4.69) is 4.74 Å². The number of nitrogens with two attached hydrogens (primary N) is 1. The molecule has 1 fully saturated rings. The molecule has 1 aromatic rings. The van der Waals surface area contributed by atoms with Crippen molar-refractivity contribution >= 4 is 18.3 Å². The lowest BCUT2D eigenvalue weighted by Crippen LogP contribution is -2.45. The van der Waals surface area contributed by atoms with Crippen molar-refractivity contribution in [2.45, 2.75) is 25.5 Å². The van der Waals surface area contributed by atoms with Crippen molar-refractivity contribution in [3.05, 3.63) is 29.8 Å². The first-order chi connectivity index (χ1) is 9.06. The first kappa shape index (κ1) is 16.7. The average Bonchev–Trinajstić information content (AvgIpc) is 2.38. The number of carbonyl (C=O) groups is 1. The summed E-state index contributed by atoms with van der Waals surface area (Å²) >= 11 is 0. The molecule has 0 radical (unpaired) electrons. The van der Waals surface area contributed by atoms with E-state index >= 15 is 0 Å². The molecule has 0 saturated carbocycles. The van der Waals surface area contributed by atoms with Gasteiger partial charge in [-0.05, 0) is 37.1 Å². The third kappa shape index (κ3) is 4.31. The van der Waals surface area contributed by atoms with Gasteiger partial charge >= 0.3 is 6.61 Å². The SMILES string of the molecule is Cl.N[C@H]1CCCN(C(=O)c2ccc(OC(F)F)cc2)C1. The third-order valence-electron chi connectivity index (χ3n) is 3.07. The van der Waals surface area contributed by atoms with Crippen molar-refractivity contribution in [2.24, 2.45) is 5.73 Å². The van der Waals surface area contributed by atoms with Gasteiger partial charge in [0.2, 0.25) is 0 Å². The van der Waals surface area contributed by atoms with E-state index in [9.17, 15) is 13.6 Å². The predicted molar refractivity (Wildman–Crippen MR) is 73.4 cm³/mol. The molecule has 0 bridgehead atoms. The van der Waals surface area contributed by atoms with Crippen LogP contribution in [0.1, 0.15) is 23.2 Å². The molecule has 1 aliphatic heterocycles. The second kappa shape index (κ2) is 7.40. The predicted octanol–water partition coefficient (Wildman–Crippen LogP) is 2.27. The summed E-state index contributed by atoms with van der Waals surface area (Å²) in [5, 5.41) is 0. The molecule has 1 amide bonds. The summed E-state index contributed by atoms with van der Waals surface area (Å²) in [5.74, 6) is -0.0827. The molecule has 0 aromatic heterocycles. The highest BCUT2D eigenvalue weighted by Gasteiger charge is 2.22. The minimum Gasteiger partial charge on any atom is -0.435 e. The Balaban J connectivity index is 0.00000200. The second-order valence-electron chi connectivity index (χ2n) is 4.56. The standard InChI is InChI=1S/C13H16F2N2O2.ClH/c14-13(15)19-11-5-3-9(4-6-11)12(18)17-7-1-2-10(16)8-17;/h3-6,10,13H,1-2,7-8,16H2;1H/t10-;/m0./s1. The Labute approximate surface area is 122 Å². The van der Waals surface area contributed by atoms with E-state index < -0.39 is 6.61 Å². The van der Waals surface area contributed by atoms with Gasteiger partial charge in [0.15, 0.2) is 0 Å². The molecular formula is C13H17ClF2N2O2. The molecule has 1 aliphatic rings. The molecule has 1 atom stereocenters. The van der Waals surface area contributed by atoms with Crippen LogP contribution in [0.4, 0.5) is 8.78 Å². The number of alkyl halides is 2. The monoisotopic (exact) mass is 306 g/mol. The first-order valence-electron chi connectivity index (χ1n) is 6.16. The molecule has 7 heteroatoms. The summed E-state index contributed by atoms with van der Waals surface area (Å²) in [5.41, 5.74) is 6.28. The summed E-state index contributed by atoms with van der Waals surface area (Å²) in [6.07, 6.45) is 1.81. The van der Waals surface area contributed by atoms with Gasteiger partial charge in [0, 0.05) is 24.7 Å². The lowest BCUT2D eigenvalue weighted by atomic mass is 10.1. The Morgan fingerprint density at radius 1 is 1.35 bits per heavy atom. The molecule has 1 saturated heterocycles. The molecule has 112 valence electrons. The number of ether oxygens (including phenoxy) is 1. The molecule has 20 heavy (non-hydrogen) atoms. The highest BCUT2D eigenvalue weighted by atomic mass is 35.5. The van der Waals surface area contributed by atoms with Crippen LogP contribution in [0.5, 0.6) is 5.75 Å². The lowest BCUT2D eigenvalue weighted by Gasteiger charge is -2.30. The van der Waals surface area contributed by atoms with Crippen molar-refractivity contribution in [1.82, 2.24) is 4.90 Å². The summed E-state index contributed by atoms with van der Waals surface area (Å²) in [6, 6.07) is 5.71. The fraction of sp³-hybridized carbons (Fsp3) is 0.462. The Hall–Kier alpha value is -1.40. The molecule has 2 rings (SSSR count). The van der Waals surface area contributed by atoms with E-state index in [1.165, 1.54) is 24.3 Å². The number of hydrogen-bond acceptors (Lipinski definition) is 3. The summed E-state index contributed by atoms with van der Waals surface area (Å²) in [4.78, 5) is 13.9. The van der Waals surface area contributed by atoms with Crippen LogP contribution in [-0.2, 0) is 0 Å². The highest BCUT2D eigenvalue weighted by Crippen LogP contribution is 2.17. The number of halogens is 3. The zero-order valence-corrected chi connectivity index (χ0v) is 11.6. The van der Waals surface area contributed by atoms with Gasteiger partial charge in [-0.1, -0.05) is 0 Å². The molecular weight excluding hydrogens is 290 g/mol. The molecule has 1 heterocycles. The molecule has 0 unspecified atom stereocenters. The van der Waals surface area contributed by atoms with E-state index in [4.69, 9.17) is 5.73 Å². The van der Waals surface area contributed by atoms with Crippen LogP contribution in [0, 0.1) is 0 Å². The Morgan fingerprint density at radius 2 is 2.00 bits per heavy atom. The van der Waals surface area contributed by atoms with Crippen molar-refractivity contribution in [1.29, 1.82) is 0 Å². The summed E-state index contributed by atoms with van der Waals surface area (Å²) < 4.78 is 28.2. The summed E-state index contributed by atoms with van der Waals surface area (Å²) in [6.45, 7) is -1.64. The highest BCUT2D eigenvalue weighted by molar-refractivity contribution is 5.94. The molecule has 4 nitrogen and oxygen atoms in total. The fourth-order valence-corrected chi connectivity index (χ4v) is 2.16. The van der Waals surface area contributed by atoms with Gasteiger partial charge in [-0.15, -0.1) is 12.4 Å². The van der Waals surface area contributed by atoms with Crippen LogP contribution in [0.3, 0.4) is 0 Å². The van der Waals surface area contributed by atoms with E-state index in [0.717, 1.165) is 12.8 Å². The van der Waals surface area contributed by atoms with Crippen LogP contribution < -0.4 is 10.5 Å². The minimum absolute atomic E-state index is 0. The summed E-state index contributed by atoms with van der Waals surface area (Å²) in [7, 11) is 0. The average molecular weight is 307 g/mol. The maximum atomic E-state index is 12.2. The van der Waals surface area contributed by atoms with Crippen LogP contribution in [0.2, 0.25) is 0 Å². The fourth-order valence-electron chi connectivity index (χ4n) is 2.16. The quantitative estimate of drug-likeness (QED) is 0.932. The number of rotatable bonds is 3. The topological polar surface area (TPSA) is 55.6 Å². The van der Waals surface area contributed by atoms with E-state index in [1.54, 1.807) is 4.90 Å². The smallest absolute Gasteiger partial charge is 0.387 e. The normalized spacial score (nSPS) is 18.6. The molecule has 0 spiro atoms. The van der Waals surface area contributed by atoms with Crippen molar-refractivity contribution in [2.75, 3.05) is 13.1 Å². The number of benzene rings is 1. The second-order valence-corrected chi connectivity index (χ2v) is 4.56. The number of hydrogen-bond donors (Lipinski definition) is 1. The number of amides is 1. The van der Waals surface area contributed by atoms with Crippen LogP contribution in [-0.4, -0.2) is 36.5 Å². The Kier molecular flexibility index (Phi) is 6.16. The van der Waals surface area contributed by atoms with E-state index in [-0.39, 0.29) is 30.1 Å². The van der Waals surface area contributed by atoms with Crippen molar-refractivity contribution < 1.29 is 18.3 Å². The molecule has 0 aliphatic carbocycles. The maximum Gasteiger partial charge on any atom is 0.387 e. The van der Waals surface area contributed by atoms with Crippen molar-refractivity contribution in [3.8, 4) is 5.75 Å². The van der Waals surface area contributed by atoms with Gasteiger partial charge in [-0.3, -0.25) is 4.79 Å². The van der Waals surface area contributed by atoms with Gasteiger partial charge in [-0.25, -0.2) is 0 Å². The number of nitrogens with zero attached hydrogens (tertiary/aromatic N) is 1. The number of piperidine rings is 1. The third-order valence-corrected chi connectivity index (χ3v) is 3.07. The van der Waals surface area contributed by atoms with Gasteiger partial charge in [0.1, 0.15) is 5.75 Å². The minimum atomic E-state index is -2.86. The first-order valence-corrected chi connectivity index (χ1v) is 6.16. The van der Waals surface area contributed by atoms with Crippen LogP contribution in [0.25, 0.3) is 0 Å². The molecule has 1 aromatic carbocycles. The zero-order valence-electron chi connectivity index (χ0n) is 10.8. The zero-order chi connectivity index (χ0) is 13.8. The van der Waals surface area contributed by atoms with E-state index in [1.807, 2.05) is 0 Å². The van der Waals surface area contributed by atoms with E-state index in [0.29, 0.717) is 18.7 Å². The Morgan fingerprint density at radius 3 is 2.55 bits per heavy atom. The van der Waals surface area contributed by atoms with Gasteiger partial charge < -0.3 is 15.4 Å². The lowest BCUT2D eigenvalue weighted by molar-refractivity contribution is -0.0498. The van der Waals surface area contributed by atoms with Crippen LogP contribution in [0.15, 0.2) is 24.3 Å². The number of carbonyl (C=O) groups excluding carboxylic acids is 1. The van der Waals surface area contributed by atoms with Crippen LogP contribution >= 0.6 is 12.4 Å². The molecule has 2 N–H and O–H groups in total.